The van der Waals surface area contributed by atoms with Crippen LogP contribution in [0.3, 0.4) is 0 Å². The summed E-state index contributed by atoms with van der Waals surface area (Å²) in [6.07, 6.45) is 2.99. The number of anilines is 3. The number of rotatable bonds is 6. The first-order chi connectivity index (χ1) is 17.2. The number of carbonyl (C=O) groups is 5. The fourth-order valence-electron chi connectivity index (χ4n) is 5.53. The number of allylic oxidation sites excluding steroid dienone is 2. The Morgan fingerprint density at radius 2 is 1.53 bits per heavy atom. The lowest BCUT2D eigenvalue weighted by Gasteiger charge is -2.19. The van der Waals surface area contributed by atoms with Gasteiger partial charge in [-0.3, -0.25) is 24.1 Å². The predicted molar refractivity (Wildman–Crippen MR) is 131 cm³/mol. The van der Waals surface area contributed by atoms with Crippen molar-refractivity contribution in [3.05, 3.63) is 65.7 Å². The fourth-order valence-corrected chi connectivity index (χ4v) is 5.53. The van der Waals surface area contributed by atoms with Crippen molar-refractivity contribution < 1.29 is 28.7 Å². The standard InChI is InChI=1S/C27H25N3O6/c1-14-11-17-12-21(14)24-23(17)25(33)30(26(24)34)20-9-3-16(4-10-20)27(35)36-13-22(32)29-19-7-5-18(6-8-19)28-15(2)31/h3-11,17,21,23-24H,12-13H2,1-2H3,(H,28,31)(H,29,32)/t17-,21+,23+,24-/m0/s1. The van der Waals surface area contributed by atoms with E-state index in [4.69, 9.17) is 4.74 Å². The summed E-state index contributed by atoms with van der Waals surface area (Å²) in [6.45, 7) is 2.93. The highest BCUT2D eigenvalue weighted by Gasteiger charge is 2.60. The van der Waals surface area contributed by atoms with Crippen LogP contribution in [0.5, 0.6) is 0 Å². The van der Waals surface area contributed by atoms with Gasteiger partial charge in [-0.1, -0.05) is 11.6 Å². The van der Waals surface area contributed by atoms with Gasteiger partial charge in [0.2, 0.25) is 17.7 Å². The van der Waals surface area contributed by atoms with Gasteiger partial charge >= 0.3 is 5.97 Å². The number of nitrogens with one attached hydrogen (secondary N) is 2. The van der Waals surface area contributed by atoms with Gasteiger partial charge in [0.15, 0.2) is 6.61 Å². The van der Waals surface area contributed by atoms with Crippen LogP contribution in [-0.2, 0) is 23.9 Å². The molecule has 0 spiro atoms. The molecule has 1 heterocycles. The number of benzene rings is 2. The lowest BCUT2D eigenvalue weighted by molar-refractivity contribution is -0.123. The number of fused-ring (bicyclic) bond motifs is 5. The van der Waals surface area contributed by atoms with E-state index in [0.29, 0.717) is 17.1 Å². The molecule has 3 aliphatic rings. The van der Waals surface area contributed by atoms with Gasteiger partial charge in [0.05, 0.1) is 23.1 Å². The molecule has 2 fully saturated rings. The number of ether oxygens (including phenoxy) is 1. The Morgan fingerprint density at radius 3 is 2.17 bits per heavy atom. The molecule has 2 N–H and O–H groups in total. The molecule has 1 saturated heterocycles. The molecule has 4 amide bonds. The summed E-state index contributed by atoms with van der Waals surface area (Å²) < 4.78 is 5.09. The lowest BCUT2D eigenvalue weighted by atomic mass is 9.82. The average Bonchev–Trinajstić information content (AvgIpc) is 3.48. The number of esters is 1. The van der Waals surface area contributed by atoms with E-state index in [1.54, 1.807) is 36.4 Å². The number of amides is 4. The minimum Gasteiger partial charge on any atom is -0.452 e. The van der Waals surface area contributed by atoms with Gasteiger partial charge in [0.25, 0.3) is 5.91 Å². The third-order valence-corrected chi connectivity index (χ3v) is 7.07. The van der Waals surface area contributed by atoms with E-state index in [1.807, 2.05) is 6.92 Å². The Balaban J connectivity index is 1.16. The molecule has 0 aromatic heterocycles. The highest BCUT2D eigenvalue weighted by atomic mass is 16.5. The molecule has 2 bridgehead atoms. The normalized spacial score (nSPS) is 23.8. The smallest absolute Gasteiger partial charge is 0.338 e. The SMILES string of the molecule is CC(=O)Nc1ccc(NC(=O)COC(=O)c2ccc(N3C(=O)[C@@H]4[C@H](C3=O)[C@H]3C=C(C)[C@H]4C3)cc2)cc1. The van der Waals surface area contributed by atoms with Gasteiger partial charge in [-0.15, -0.1) is 0 Å². The number of hydrogen-bond acceptors (Lipinski definition) is 6. The van der Waals surface area contributed by atoms with Crippen LogP contribution in [-0.4, -0.2) is 36.2 Å². The van der Waals surface area contributed by atoms with Crippen molar-refractivity contribution in [2.24, 2.45) is 23.7 Å². The average molecular weight is 488 g/mol. The summed E-state index contributed by atoms with van der Waals surface area (Å²) in [5.74, 6) is -2.12. The molecule has 0 unspecified atom stereocenters. The monoisotopic (exact) mass is 487 g/mol. The van der Waals surface area contributed by atoms with Crippen LogP contribution >= 0.6 is 0 Å². The third kappa shape index (κ3) is 4.17. The summed E-state index contributed by atoms with van der Waals surface area (Å²) >= 11 is 0. The lowest BCUT2D eigenvalue weighted by Crippen LogP contribution is -2.33. The van der Waals surface area contributed by atoms with Gasteiger partial charge in [-0.2, -0.15) is 0 Å². The van der Waals surface area contributed by atoms with Crippen molar-refractivity contribution in [2.75, 3.05) is 22.1 Å². The summed E-state index contributed by atoms with van der Waals surface area (Å²) in [5, 5.41) is 5.23. The number of carbonyl (C=O) groups excluding carboxylic acids is 5. The number of hydrogen-bond donors (Lipinski definition) is 2. The zero-order valence-electron chi connectivity index (χ0n) is 19.8. The Labute approximate surface area is 207 Å². The Bertz CT molecular complexity index is 1300. The van der Waals surface area contributed by atoms with Crippen LogP contribution in [0.1, 0.15) is 30.6 Å². The van der Waals surface area contributed by atoms with Gasteiger partial charge < -0.3 is 15.4 Å². The molecule has 2 aromatic rings. The van der Waals surface area contributed by atoms with Crippen molar-refractivity contribution in [1.29, 1.82) is 0 Å². The van der Waals surface area contributed by atoms with Gasteiger partial charge in [-0.25, -0.2) is 4.79 Å². The van der Waals surface area contributed by atoms with E-state index in [1.165, 1.54) is 29.5 Å². The van der Waals surface area contributed by atoms with Crippen LogP contribution in [0.15, 0.2) is 60.2 Å². The first-order valence-corrected chi connectivity index (χ1v) is 11.7. The van der Waals surface area contributed by atoms with E-state index in [2.05, 4.69) is 16.7 Å². The molecule has 5 rings (SSSR count). The molecule has 2 aromatic carbocycles. The quantitative estimate of drug-likeness (QED) is 0.367. The zero-order valence-corrected chi connectivity index (χ0v) is 19.8. The van der Waals surface area contributed by atoms with Crippen molar-refractivity contribution in [3.63, 3.8) is 0 Å². The minimum absolute atomic E-state index is 0.122. The largest absolute Gasteiger partial charge is 0.452 e. The molecule has 4 atom stereocenters. The molecule has 0 radical (unpaired) electrons. The molecule has 1 saturated carbocycles. The summed E-state index contributed by atoms with van der Waals surface area (Å²) in [7, 11) is 0. The summed E-state index contributed by atoms with van der Waals surface area (Å²) in [4.78, 5) is 63.0. The highest BCUT2D eigenvalue weighted by Crippen LogP contribution is 2.55. The maximum absolute atomic E-state index is 13.1. The summed E-state index contributed by atoms with van der Waals surface area (Å²) in [6, 6.07) is 12.5. The van der Waals surface area contributed by atoms with E-state index < -0.39 is 18.5 Å². The molecule has 36 heavy (non-hydrogen) atoms. The second-order valence-electron chi connectivity index (χ2n) is 9.41. The van der Waals surface area contributed by atoms with Gasteiger partial charge in [0, 0.05) is 18.3 Å². The van der Waals surface area contributed by atoms with Crippen LogP contribution < -0.4 is 15.5 Å². The maximum atomic E-state index is 13.1. The molecule has 2 aliphatic carbocycles. The Morgan fingerprint density at radius 1 is 0.917 bits per heavy atom. The second kappa shape index (κ2) is 9.07. The topological polar surface area (TPSA) is 122 Å². The maximum Gasteiger partial charge on any atom is 0.338 e. The first-order valence-electron chi connectivity index (χ1n) is 11.7. The Kier molecular flexibility index (Phi) is 5.91. The van der Waals surface area contributed by atoms with Crippen LogP contribution in [0.2, 0.25) is 0 Å². The van der Waals surface area contributed by atoms with Gasteiger partial charge in [-0.05, 0) is 73.7 Å². The highest BCUT2D eigenvalue weighted by molar-refractivity contribution is 6.23. The van der Waals surface area contributed by atoms with Crippen LogP contribution in [0, 0.1) is 23.7 Å². The molecular weight excluding hydrogens is 462 g/mol. The van der Waals surface area contributed by atoms with E-state index in [-0.39, 0.29) is 47.0 Å². The van der Waals surface area contributed by atoms with E-state index in [9.17, 15) is 24.0 Å². The van der Waals surface area contributed by atoms with Crippen molar-refractivity contribution in [2.45, 2.75) is 20.3 Å². The molecule has 9 nitrogen and oxygen atoms in total. The van der Waals surface area contributed by atoms with Crippen molar-refractivity contribution >= 4 is 46.7 Å². The molecule has 184 valence electrons. The van der Waals surface area contributed by atoms with Crippen molar-refractivity contribution in [3.8, 4) is 0 Å². The molecular formula is C27H25N3O6. The Hall–Kier alpha value is -4.27. The first kappa shape index (κ1) is 23.5. The van der Waals surface area contributed by atoms with E-state index >= 15 is 0 Å². The second-order valence-corrected chi connectivity index (χ2v) is 9.41. The molecule has 1 aliphatic heterocycles. The molecule has 9 heteroatoms. The zero-order chi connectivity index (χ0) is 25.6. The van der Waals surface area contributed by atoms with E-state index in [0.717, 1.165) is 6.42 Å². The van der Waals surface area contributed by atoms with Crippen LogP contribution in [0.4, 0.5) is 17.1 Å². The number of nitrogens with zero attached hydrogens (tertiary/aromatic N) is 1. The third-order valence-electron chi connectivity index (χ3n) is 7.07. The summed E-state index contributed by atoms with van der Waals surface area (Å²) in [5.41, 5.74) is 2.89. The predicted octanol–water partition coefficient (Wildman–Crippen LogP) is 3.14. The fraction of sp³-hybridized carbons (Fsp3) is 0.296. The number of imide groups is 1. The van der Waals surface area contributed by atoms with Crippen LogP contribution in [0.25, 0.3) is 0 Å². The minimum atomic E-state index is -0.702. The van der Waals surface area contributed by atoms with Crippen molar-refractivity contribution in [1.82, 2.24) is 0 Å². The van der Waals surface area contributed by atoms with Gasteiger partial charge in [0.1, 0.15) is 0 Å².